The van der Waals surface area contributed by atoms with Gasteiger partial charge in [-0.3, -0.25) is 4.79 Å². The van der Waals surface area contributed by atoms with Crippen molar-refractivity contribution in [1.82, 2.24) is 14.8 Å². The second-order valence-corrected chi connectivity index (χ2v) is 5.32. The van der Waals surface area contributed by atoms with E-state index in [1.54, 1.807) is 16.8 Å². The predicted molar refractivity (Wildman–Crippen MR) is 71.6 cm³/mol. The van der Waals surface area contributed by atoms with Gasteiger partial charge in [0.1, 0.15) is 5.01 Å². The summed E-state index contributed by atoms with van der Waals surface area (Å²) in [6.45, 7) is 3.26. The van der Waals surface area contributed by atoms with Gasteiger partial charge in [0.25, 0.3) is 5.56 Å². The number of pyridine rings is 1. The number of nitrogens with one attached hydrogen (secondary N) is 1. The van der Waals surface area contributed by atoms with Crippen molar-refractivity contribution in [2.24, 2.45) is 0 Å². The number of aromatic nitrogens is 3. The third-order valence-corrected chi connectivity index (χ3v) is 3.38. The van der Waals surface area contributed by atoms with Crippen molar-refractivity contribution in [3.63, 3.8) is 0 Å². The van der Waals surface area contributed by atoms with E-state index in [1.807, 2.05) is 6.92 Å². The van der Waals surface area contributed by atoms with Crippen LogP contribution in [0.1, 0.15) is 11.9 Å². The Morgan fingerprint density at radius 2 is 2.29 bits per heavy atom. The maximum Gasteiger partial charge on any atom is 0.250 e. The van der Waals surface area contributed by atoms with Crippen molar-refractivity contribution in [3.8, 4) is 0 Å². The van der Waals surface area contributed by atoms with Crippen LogP contribution in [0.2, 0.25) is 0 Å². The summed E-state index contributed by atoms with van der Waals surface area (Å²) in [5.74, 6) is 0. The van der Waals surface area contributed by atoms with Gasteiger partial charge in [0.2, 0.25) is 5.13 Å². The molecule has 0 aliphatic carbocycles. The first kappa shape index (κ1) is 12.3. The highest BCUT2D eigenvalue weighted by Gasteiger charge is 2.05. The van der Waals surface area contributed by atoms with E-state index in [0.29, 0.717) is 6.54 Å². The minimum absolute atomic E-state index is 0.0478. The molecular formula is C10H11BrN4OS. The van der Waals surface area contributed by atoms with Gasteiger partial charge in [0.15, 0.2) is 0 Å². The SMILES string of the molecule is CCNc1nnc(Cn2cc(Br)ccc2=O)s1. The number of nitrogens with zero attached hydrogens (tertiary/aromatic N) is 3. The molecule has 17 heavy (non-hydrogen) atoms. The number of anilines is 1. The van der Waals surface area contributed by atoms with Crippen molar-refractivity contribution < 1.29 is 0 Å². The number of halogens is 1. The molecule has 2 rings (SSSR count). The lowest BCUT2D eigenvalue weighted by atomic mass is 10.4. The van der Waals surface area contributed by atoms with E-state index in [-0.39, 0.29) is 5.56 Å². The molecule has 0 saturated carbocycles. The largest absolute Gasteiger partial charge is 0.360 e. The molecule has 0 aliphatic rings. The predicted octanol–water partition coefficient (Wildman–Crippen LogP) is 1.94. The lowest BCUT2D eigenvalue weighted by Crippen LogP contribution is -2.18. The van der Waals surface area contributed by atoms with Crippen LogP contribution < -0.4 is 10.9 Å². The summed E-state index contributed by atoms with van der Waals surface area (Å²) < 4.78 is 2.47. The summed E-state index contributed by atoms with van der Waals surface area (Å²) in [4.78, 5) is 11.6. The van der Waals surface area contributed by atoms with Crippen LogP contribution in [-0.2, 0) is 6.54 Å². The maximum absolute atomic E-state index is 11.6. The quantitative estimate of drug-likeness (QED) is 0.937. The lowest BCUT2D eigenvalue weighted by Gasteiger charge is -2.02. The smallest absolute Gasteiger partial charge is 0.250 e. The third-order valence-electron chi connectivity index (χ3n) is 2.05. The Bertz CT molecular complexity index is 565. The Morgan fingerprint density at radius 1 is 1.47 bits per heavy atom. The fourth-order valence-corrected chi connectivity index (χ4v) is 2.50. The molecule has 0 bridgehead atoms. The fourth-order valence-electron chi connectivity index (χ4n) is 1.31. The van der Waals surface area contributed by atoms with Gasteiger partial charge >= 0.3 is 0 Å². The Labute approximate surface area is 111 Å². The van der Waals surface area contributed by atoms with Crippen molar-refractivity contribution >= 4 is 32.4 Å². The van der Waals surface area contributed by atoms with Crippen molar-refractivity contribution in [1.29, 1.82) is 0 Å². The Morgan fingerprint density at radius 3 is 3.06 bits per heavy atom. The maximum atomic E-state index is 11.6. The van der Waals surface area contributed by atoms with E-state index in [1.165, 1.54) is 17.4 Å². The zero-order chi connectivity index (χ0) is 12.3. The fraction of sp³-hybridized carbons (Fsp3) is 0.300. The summed E-state index contributed by atoms with van der Waals surface area (Å²) in [5.41, 5.74) is -0.0478. The zero-order valence-electron chi connectivity index (χ0n) is 9.18. The molecule has 1 N–H and O–H groups in total. The van der Waals surface area contributed by atoms with Crippen LogP contribution in [0.25, 0.3) is 0 Å². The van der Waals surface area contributed by atoms with Crippen LogP contribution in [0.5, 0.6) is 0 Å². The highest BCUT2D eigenvalue weighted by atomic mass is 79.9. The van der Waals surface area contributed by atoms with Crippen molar-refractivity contribution in [3.05, 3.63) is 38.2 Å². The molecule has 0 spiro atoms. The van der Waals surface area contributed by atoms with Gasteiger partial charge < -0.3 is 9.88 Å². The molecule has 5 nitrogen and oxygen atoms in total. The topological polar surface area (TPSA) is 59.8 Å². The molecule has 0 atom stereocenters. The average molecular weight is 315 g/mol. The molecule has 2 heterocycles. The summed E-state index contributed by atoms with van der Waals surface area (Å²) >= 11 is 4.79. The van der Waals surface area contributed by atoms with E-state index >= 15 is 0 Å². The summed E-state index contributed by atoms with van der Waals surface area (Å²) in [5, 5.41) is 12.7. The molecule has 0 saturated heterocycles. The molecule has 2 aromatic rings. The zero-order valence-corrected chi connectivity index (χ0v) is 11.6. The summed E-state index contributed by atoms with van der Waals surface area (Å²) in [6.07, 6.45) is 1.75. The summed E-state index contributed by atoms with van der Waals surface area (Å²) in [7, 11) is 0. The number of hydrogen-bond acceptors (Lipinski definition) is 5. The van der Waals surface area contributed by atoms with Crippen LogP contribution in [0, 0.1) is 0 Å². The minimum atomic E-state index is -0.0478. The normalized spacial score (nSPS) is 10.5. The molecular weight excluding hydrogens is 304 g/mol. The van der Waals surface area contributed by atoms with Crippen LogP contribution in [0.3, 0.4) is 0 Å². The lowest BCUT2D eigenvalue weighted by molar-refractivity contribution is 0.741. The van der Waals surface area contributed by atoms with Crippen LogP contribution in [0.4, 0.5) is 5.13 Å². The van der Waals surface area contributed by atoms with Gasteiger partial charge in [0.05, 0.1) is 6.54 Å². The number of hydrogen-bond donors (Lipinski definition) is 1. The minimum Gasteiger partial charge on any atom is -0.360 e. The first-order valence-corrected chi connectivity index (χ1v) is 6.72. The molecule has 0 radical (unpaired) electrons. The standard InChI is InChI=1S/C10H11BrN4OS/c1-2-12-10-14-13-8(17-10)6-15-5-7(11)3-4-9(15)16/h3-5H,2,6H2,1H3,(H,12,14). The van der Waals surface area contributed by atoms with Gasteiger partial charge in [-0.2, -0.15) is 0 Å². The summed E-state index contributed by atoms with van der Waals surface area (Å²) in [6, 6.07) is 3.25. The van der Waals surface area contributed by atoms with E-state index < -0.39 is 0 Å². The van der Waals surface area contributed by atoms with Gasteiger partial charge in [-0.1, -0.05) is 11.3 Å². The van der Waals surface area contributed by atoms with E-state index in [9.17, 15) is 4.79 Å². The second kappa shape index (κ2) is 5.42. The van der Waals surface area contributed by atoms with Crippen molar-refractivity contribution in [2.45, 2.75) is 13.5 Å². The second-order valence-electron chi connectivity index (χ2n) is 3.34. The van der Waals surface area contributed by atoms with Crippen LogP contribution in [0.15, 0.2) is 27.6 Å². The highest BCUT2D eigenvalue weighted by Crippen LogP contribution is 2.15. The first-order chi connectivity index (χ1) is 8.19. The van der Waals surface area contributed by atoms with Crippen LogP contribution in [-0.4, -0.2) is 21.3 Å². The highest BCUT2D eigenvalue weighted by molar-refractivity contribution is 9.10. The molecule has 0 aromatic carbocycles. The molecule has 7 heteroatoms. The Balaban J connectivity index is 2.19. The van der Waals surface area contributed by atoms with Gasteiger partial charge in [-0.05, 0) is 28.9 Å². The van der Waals surface area contributed by atoms with E-state index in [4.69, 9.17) is 0 Å². The first-order valence-electron chi connectivity index (χ1n) is 5.11. The molecule has 2 aromatic heterocycles. The monoisotopic (exact) mass is 314 g/mol. The van der Waals surface area contributed by atoms with Crippen molar-refractivity contribution in [2.75, 3.05) is 11.9 Å². The molecule has 0 unspecified atom stereocenters. The molecule has 0 amide bonds. The van der Waals surface area contributed by atoms with Gasteiger partial charge in [0, 0.05) is 23.3 Å². The third kappa shape index (κ3) is 3.13. The van der Waals surface area contributed by atoms with E-state index in [0.717, 1.165) is 21.2 Å². The molecule has 0 aliphatic heterocycles. The molecule has 90 valence electrons. The Kier molecular flexibility index (Phi) is 3.90. The number of rotatable bonds is 4. The van der Waals surface area contributed by atoms with Gasteiger partial charge in [-0.25, -0.2) is 0 Å². The van der Waals surface area contributed by atoms with Crippen LogP contribution >= 0.6 is 27.3 Å². The van der Waals surface area contributed by atoms with Gasteiger partial charge in [-0.15, -0.1) is 10.2 Å². The van der Waals surface area contributed by atoms with E-state index in [2.05, 4.69) is 31.4 Å². The Hall–Kier alpha value is -1.21. The molecule has 0 fully saturated rings. The average Bonchev–Trinajstić information content (AvgIpc) is 2.72.